The van der Waals surface area contributed by atoms with Crippen LogP contribution in [-0.2, 0) is 14.8 Å². The molecular formula is C14H14N2O3S2. The molecule has 0 saturated heterocycles. The molecule has 0 atom stereocenters. The van der Waals surface area contributed by atoms with Crippen LogP contribution in [0.3, 0.4) is 0 Å². The first kappa shape index (κ1) is 15.5. The fraction of sp³-hybridized carbons (Fsp3) is 0.286. The van der Waals surface area contributed by atoms with E-state index in [1.54, 1.807) is 24.3 Å². The standard InChI is InChI=1S/C14H14N2O3S2/c1-2-3-4-5-10-13(17)16-21(18,19)14-15-11-8-6-7-9-12(11)20-14/h1,6-9H,3-5,10H2,(H,16,17). The third kappa shape index (κ3) is 4.03. The number of benzene rings is 1. The normalized spacial score (nSPS) is 11.2. The fourth-order valence-electron chi connectivity index (χ4n) is 1.72. The van der Waals surface area contributed by atoms with Crippen molar-refractivity contribution in [2.45, 2.75) is 30.0 Å². The number of unbranched alkanes of at least 4 members (excludes halogenated alkanes) is 2. The van der Waals surface area contributed by atoms with Crippen molar-refractivity contribution in [1.29, 1.82) is 0 Å². The summed E-state index contributed by atoms with van der Waals surface area (Å²) in [6.45, 7) is 0. The fourth-order valence-corrected chi connectivity index (χ4v) is 3.96. The Labute approximate surface area is 127 Å². The van der Waals surface area contributed by atoms with E-state index in [2.05, 4.69) is 10.9 Å². The van der Waals surface area contributed by atoms with Crippen molar-refractivity contribution in [1.82, 2.24) is 9.71 Å². The number of para-hydroxylation sites is 1. The average Bonchev–Trinajstić information content (AvgIpc) is 2.88. The summed E-state index contributed by atoms with van der Waals surface area (Å²) in [5, 5.41) is 0. The summed E-state index contributed by atoms with van der Waals surface area (Å²) >= 11 is 1.04. The van der Waals surface area contributed by atoms with Gasteiger partial charge in [-0.05, 0) is 25.0 Å². The number of rotatable bonds is 6. The van der Waals surface area contributed by atoms with E-state index in [4.69, 9.17) is 6.42 Å². The predicted molar refractivity (Wildman–Crippen MR) is 82.2 cm³/mol. The number of nitrogens with zero attached hydrogens (tertiary/aromatic N) is 1. The van der Waals surface area contributed by atoms with Crippen LogP contribution in [0.1, 0.15) is 25.7 Å². The van der Waals surface area contributed by atoms with Gasteiger partial charge in [0.2, 0.25) is 10.2 Å². The molecule has 2 rings (SSSR count). The minimum Gasteiger partial charge on any atom is -0.274 e. The number of carbonyl (C=O) groups is 1. The summed E-state index contributed by atoms with van der Waals surface area (Å²) in [6, 6.07) is 7.10. The maximum Gasteiger partial charge on any atom is 0.291 e. The average molecular weight is 322 g/mol. The molecule has 7 heteroatoms. The van der Waals surface area contributed by atoms with Gasteiger partial charge in [0.25, 0.3) is 10.0 Å². The summed E-state index contributed by atoms with van der Waals surface area (Å²) < 4.78 is 26.9. The molecule has 0 spiro atoms. The van der Waals surface area contributed by atoms with Gasteiger partial charge in [-0.3, -0.25) is 4.79 Å². The molecule has 1 heterocycles. The van der Waals surface area contributed by atoms with Gasteiger partial charge in [-0.25, -0.2) is 9.71 Å². The number of hydrogen-bond acceptors (Lipinski definition) is 5. The summed E-state index contributed by atoms with van der Waals surface area (Å²) in [4.78, 5) is 15.7. The molecule has 0 fully saturated rings. The number of amides is 1. The van der Waals surface area contributed by atoms with Crippen LogP contribution >= 0.6 is 11.3 Å². The van der Waals surface area contributed by atoms with Crippen molar-refractivity contribution >= 4 is 37.5 Å². The highest BCUT2D eigenvalue weighted by Gasteiger charge is 2.21. The topological polar surface area (TPSA) is 76.1 Å². The lowest BCUT2D eigenvalue weighted by Gasteiger charge is -2.03. The van der Waals surface area contributed by atoms with Crippen molar-refractivity contribution in [3.8, 4) is 12.3 Å². The zero-order valence-electron chi connectivity index (χ0n) is 11.2. The van der Waals surface area contributed by atoms with Gasteiger partial charge in [0.05, 0.1) is 10.2 Å². The minimum absolute atomic E-state index is 0.0966. The highest BCUT2D eigenvalue weighted by molar-refractivity contribution is 7.92. The zero-order chi connectivity index (χ0) is 15.3. The number of thiazole rings is 1. The van der Waals surface area contributed by atoms with E-state index in [-0.39, 0.29) is 10.8 Å². The molecular weight excluding hydrogens is 308 g/mol. The lowest BCUT2D eigenvalue weighted by molar-refractivity contribution is -0.119. The Balaban J connectivity index is 2.04. The van der Waals surface area contributed by atoms with Gasteiger partial charge in [-0.2, -0.15) is 8.42 Å². The predicted octanol–water partition coefficient (Wildman–Crippen LogP) is 2.29. The Bertz CT molecular complexity index is 755. The third-order valence-electron chi connectivity index (χ3n) is 2.73. The highest BCUT2D eigenvalue weighted by atomic mass is 32.2. The molecule has 21 heavy (non-hydrogen) atoms. The Morgan fingerprint density at radius 3 is 2.81 bits per heavy atom. The van der Waals surface area contributed by atoms with Crippen LogP contribution in [-0.4, -0.2) is 19.3 Å². The lowest BCUT2D eigenvalue weighted by atomic mass is 10.2. The van der Waals surface area contributed by atoms with Crippen LogP contribution in [0.5, 0.6) is 0 Å². The van der Waals surface area contributed by atoms with Gasteiger partial charge in [-0.1, -0.05) is 12.1 Å². The molecule has 0 unspecified atom stereocenters. The largest absolute Gasteiger partial charge is 0.291 e. The quantitative estimate of drug-likeness (QED) is 0.654. The molecule has 0 radical (unpaired) electrons. The maximum atomic E-state index is 12.1. The number of terminal acetylenes is 1. The second kappa shape index (κ2) is 6.70. The smallest absolute Gasteiger partial charge is 0.274 e. The summed E-state index contributed by atoms with van der Waals surface area (Å²) in [5.41, 5.74) is 0.601. The monoisotopic (exact) mass is 322 g/mol. The number of sulfonamides is 1. The van der Waals surface area contributed by atoms with Crippen LogP contribution in [0.15, 0.2) is 28.6 Å². The van der Waals surface area contributed by atoms with Crippen molar-refractivity contribution < 1.29 is 13.2 Å². The number of fused-ring (bicyclic) bond motifs is 1. The van der Waals surface area contributed by atoms with Crippen LogP contribution in [0.4, 0.5) is 0 Å². The molecule has 110 valence electrons. The first-order valence-corrected chi connectivity index (χ1v) is 8.67. The number of nitrogens with one attached hydrogen (secondary N) is 1. The van der Waals surface area contributed by atoms with E-state index in [9.17, 15) is 13.2 Å². The molecule has 1 N–H and O–H groups in total. The van der Waals surface area contributed by atoms with E-state index >= 15 is 0 Å². The van der Waals surface area contributed by atoms with E-state index in [0.717, 1.165) is 16.0 Å². The zero-order valence-corrected chi connectivity index (χ0v) is 12.8. The van der Waals surface area contributed by atoms with Crippen molar-refractivity contribution in [3.05, 3.63) is 24.3 Å². The number of aromatic nitrogens is 1. The maximum absolute atomic E-state index is 12.1. The van der Waals surface area contributed by atoms with Gasteiger partial charge in [0, 0.05) is 12.8 Å². The van der Waals surface area contributed by atoms with Gasteiger partial charge >= 0.3 is 0 Å². The Hall–Kier alpha value is -1.91. The lowest BCUT2D eigenvalue weighted by Crippen LogP contribution is -2.30. The molecule has 2 aromatic rings. The summed E-state index contributed by atoms with van der Waals surface area (Å²) in [5.74, 6) is 1.94. The van der Waals surface area contributed by atoms with Gasteiger partial charge in [-0.15, -0.1) is 23.7 Å². The Morgan fingerprint density at radius 1 is 1.33 bits per heavy atom. The molecule has 0 aliphatic carbocycles. The Morgan fingerprint density at radius 2 is 2.10 bits per heavy atom. The number of hydrogen-bond donors (Lipinski definition) is 1. The van der Waals surface area contributed by atoms with Crippen LogP contribution in [0.25, 0.3) is 10.2 Å². The first-order valence-electron chi connectivity index (χ1n) is 6.37. The highest BCUT2D eigenvalue weighted by Crippen LogP contribution is 2.24. The molecule has 1 amide bonds. The molecule has 1 aromatic heterocycles. The van der Waals surface area contributed by atoms with Crippen molar-refractivity contribution in [2.75, 3.05) is 0 Å². The second-order valence-electron chi connectivity index (χ2n) is 4.39. The molecule has 1 aromatic carbocycles. The number of carbonyl (C=O) groups excluding carboxylic acids is 1. The third-order valence-corrected chi connectivity index (χ3v) is 5.51. The first-order chi connectivity index (χ1) is 10.0. The Kier molecular flexibility index (Phi) is 4.94. The van der Waals surface area contributed by atoms with Crippen LogP contribution in [0.2, 0.25) is 0 Å². The van der Waals surface area contributed by atoms with E-state index in [1.165, 1.54) is 0 Å². The molecule has 5 nitrogen and oxygen atoms in total. The van der Waals surface area contributed by atoms with Crippen LogP contribution < -0.4 is 4.72 Å². The molecule has 0 aliphatic rings. The van der Waals surface area contributed by atoms with Gasteiger partial charge < -0.3 is 0 Å². The van der Waals surface area contributed by atoms with E-state index < -0.39 is 15.9 Å². The van der Waals surface area contributed by atoms with E-state index in [1.807, 2.05) is 4.72 Å². The SMILES string of the molecule is C#CCCCCC(=O)NS(=O)(=O)c1nc2ccccc2s1. The molecule has 0 saturated carbocycles. The molecule has 0 bridgehead atoms. The van der Waals surface area contributed by atoms with Crippen molar-refractivity contribution in [3.63, 3.8) is 0 Å². The second-order valence-corrected chi connectivity index (χ2v) is 7.27. The van der Waals surface area contributed by atoms with Gasteiger partial charge in [0.15, 0.2) is 0 Å². The molecule has 0 aliphatic heterocycles. The summed E-state index contributed by atoms with van der Waals surface area (Å²) in [7, 11) is -3.90. The van der Waals surface area contributed by atoms with Crippen LogP contribution in [0, 0.1) is 12.3 Å². The van der Waals surface area contributed by atoms with Gasteiger partial charge in [0.1, 0.15) is 0 Å². The van der Waals surface area contributed by atoms with Crippen molar-refractivity contribution in [2.24, 2.45) is 0 Å². The summed E-state index contributed by atoms with van der Waals surface area (Å²) in [6.07, 6.45) is 7.08. The van der Waals surface area contributed by atoms with E-state index in [0.29, 0.717) is 24.8 Å². The minimum atomic E-state index is -3.90.